The van der Waals surface area contributed by atoms with Gasteiger partial charge in [0.15, 0.2) is 0 Å². The van der Waals surface area contributed by atoms with Crippen LogP contribution in [-0.2, 0) is 11.2 Å². The van der Waals surface area contributed by atoms with E-state index >= 15 is 0 Å². The Balaban J connectivity index is 1.61. The van der Waals surface area contributed by atoms with Crippen molar-refractivity contribution >= 4 is 11.6 Å². The SMILES string of the molecule is O=C(C1CC1)N(c1cccnc1)C(CCc1ccccc1)C1CCCNC1. The maximum Gasteiger partial charge on any atom is 0.230 e. The lowest BCUT2D eigenvalue weighted by molar-refractivity contribution is -0.120. The van der Waals surface area contributed by atoms with E-state index in [0.29, 0.717) is 11.8 Å². The number of carbonyl (C=O) groups is 1. The number of hydrogen-bond acceptors (Lipinski definition) is 3. The molecule has 0 spiro atoms. The summed E-state index contributed by atoms with van der Waals surface area (Å²) in [5, 5.41) is 3.55. The van der Waals surface area contributed by atoms with Crippen LogP contribution in [0.3, 0.4) is 0 Å². The molecule has 1 saturated heterocycles. The number of anilines is 1. The molecule has 142 valence electrons. The summed E-state index contributed by atoms with van der Waals surface area (Å²) in [6, 6.07) is 14.8. The Morgan fingerprint density at radius 3 is 2.67 bits per heavy atom. The van der Waals surface area contributed by atoms with Gasteiger partial charge in [-0.3, -0.25) is 9.78 Å². The predicted molar refractivity (Wildman–Crippen MR) is 109 cm³/mol. The average Bonchev–Trinajstić information content (AvgIpc) is 3.58. The second-order valence-corrected chi connectivity index (χ2v) is 7.89. The molecule has 4 heteroatoms. The minimum Gasteiger partial charge on any atom is -0.316 e. The lowest BCUT2D eigenvalue weighted by Crippen LogP contribution is -2.50. The highest BCUT2D eigenvalue weighted by atomic mass is 16.2. The minimum absolute atomic E-state index is 0.209. The summed E-state index contributed by atoms with van der Waals surface area (Å²) < 4.78 is 0. The molecule has 1 saturated carbocycles. The first-order chi connectivity index (χ1) is 13.3. The third kappa shape index (κ3) is 4.56. The number of amides is 1. The van der Waals surface area contributed by atoms with Crippen LogP contribution in [0, 0.1) is 11.8 Å². The van der Waals surface area contributed by atoms with Gasteiger partial charge in [0, 0.05) is 18.2 Å². The molecule has 2 unspecified atom stereocenters. The molecule has 2 heterocycles. The molecule has 0 radical (unpaired) electrons. The smallest absolute Gasteiger partial charge is 0.230 e. The summed E-state index contributed by atoms with van der Waals surface area (Å²) in [7, 11) is 0. The third-order valence-corrected chi connectivity index (χ3v) is 5.87. The Kier molecular flexibility index (Phi) is 5.83. The van der Waals surface area contributed by atoms with E-state index in [1.165, 1.54) is 18.4 Å². The molecule has 2 aliphatic rings. The van der Waals surface area contributed by atoms with E-state index in [2.05, 4.69) is 45.5 Å². The number of piperidine rings is 1. The molecular formula is C23H29N3O. The minimum atomic E-state index is 0.209. The first-order valence-corrected chi connectivity index (χ1v) is 10.3. The second kappa shape index (κ2) is 8.66. The van der Waals surface area contributed by atoms with Crippen LogP contribution >= 0.6 is 0 Å². The highest BCUT2D eigenvalue weighted by molar-refractivity contribution is 5.96. The van der Waals surface area contributed by atoms with Crippen LogP contribution in [-0.4, -0.2) is 30.0 Å². The molecule has 2 atom stereocenters. The maximum atomic E-state index is 13.3. The monoisotopic (exact) mass is 363 g/mol. The molecule has 27 heavy (non-hydrogen) atoms. The van der Waals surface area contributed by atoms with Crippen molar-refractivity contribution in [2.24, 2.45) is 11.8 Å². The quantitative estimate of drug-likeness (QED) is 0.813. The highest BCUT2D eigenvalue weighted by Crippen LogP contribution is 2.36. The Hall–Kier alpha value is -2.20. The summed E-state index contributed by atoms with van der Waals surface area (Å²) in [6.07, 6.45) is 10.1. The van der Waals surface area contributed by atoms with Gasteiger partial charge in [0.2, 0.25) is 5.91 Å². The zero-order valence-corrected chi connectivity index (χ0v) is 15.9. The van der Waals surface area contributed by atoms with E-state index in [4.69, 9.17) is 0 Å². The van der Waals surface area contributed by atoms with Crippen molar-refractivity contribution in [3.63, 3.8) is 0 Å². The summed E-state index contributed by atoms with van der Waals surface area (Å²) >= 11 is 0. The van der Waals surface area contributed by atoms with Gasteiger partial charge in [0.05, 0.1) is 11.9 Å². The Morgan fingerprint density at radius 2 is 2.00 bits per heavy atom. The standard InChI is InChI=1S/C23H29N3O/c27-23(19-11-12-19)26(21-9-5-15-25-17-21)22(20-8-4-14-24-16-20)13-10-18-6-2-1-3-7-18/h1-3,5-7,9,15,17,19-20,22,24H,4,8,10-14,16H2. The summed E-state index contributed by atoms with van der Waals surface area (Å²) in [4.78, 5) is 19.7. The van der Waals surface area contributed by atoms with Crippen LogP contribution in [0.2, 0.25) is 0 Å². The van der Waals surface area contributed by atoms with Crippen molar-refractivity contribution in [2.75, 3.05) is 18.0 Å². The van der Waals surface area contributed by atoms with Crippen LogP contribution < -0.4 is 10.2 Å². The van der Waals surface area contributed by atoms with E-state index in [-0.39, 0.29) is 12.0 Å². The van der Waals surface area contributed by atoms with Crippen molar-refractivity contribution in [2.45, 2.75) is 44.6 Å². The Bertz CT molecular complexity index is 724. The molecule has 1 N–H and O–H groups in total. The number of pyridine rings is 1. The number of rotatable bonds is 7. The summed E-state index contributed by atoms with van der Waals surface area (Å²) in [6.45, 7) is 2.08. The number of aryl methyl sites for hydroxylation is 1. The van der Waals surface area contributed by atoms with Gasteiger partial charge >= 0.3 is 0 Å². The molecule has 1 aromatic carbocycles. The number of benzene rings is 1. The van der Waals surface area contributed by atoms with Crippen LogP contribution in [0.4, 0.5) is 5.69 Å². The predicted octanol–water partition coefficient (Wildman–Crippen LogP) is 3.83. The zero-order chi connectivity index (χ0) is 18.5. The van der Waals surface area contributed by atoms with Gasteiger partial charge in [-0.2, -0.15) is 0 Å². The fourth-order valence-electron chi connectivity index (χ4n) is 4.25. The Morgan fingerprint density at radius 1 is 1.15 bits per heavy atom. The number of hydrogen-bond donors (Lipinski definition) is 1. The van der Waals surface area contributed by atoms with Crippen LogP contribution in [0.1, 0.15) is 37.7 Å². The molecule has 1 aromatic heterocycles. The second-order valence-electron chi connectivity index (χ2n) is 7.89. The average molecular weight is 364 g/mol. The van der Waals surface area contributed by atoms with Gasteiger partial charge in [0.25, 0.3) is 0 Å². The van der Waals surface area contributed by atoms with Crippen LogP contribution in [0.15, 0.2) is 54.9 Å². The first kappa shape index (κ1) is 18.2. The van der Waals surface area contributed by atoms with Crippen molar-refractivity contribution in [3.05, 3.63) is 60.4 Å². The lowest BCUT2D eigenvalue weighted by Gasteiger charge is -2.39. The highest BCUT2D eigenvalue weighted by Gasteiger charge is 2.39. The van der Waals surface area contributed by atoms with E-state index in [1.807, 2.05) is 18.3 Å². The summed E-state index contributed by atoms with van der Waals surface area (Å²) in [5.74, 6) is 0.998. The molecule has 4 nitrogen and oxygen atoms in total. The first-order valence-electron chi connectivity index (χ1n) is 10.3. The molecular weight excluding hydrogens is 334 g/mol. The molecule has 4 rings (SSSR count). The molecule has 1 aliphatic carbocycles. The lowest BCUT2D eigenvalue weighted by atomic mass is 9.86. The third-order valence-electron chi connectivity index (χ3n) is 5.87. The van der Waals surface area contributed by atoms with E-state index < -0.39 is 0 Å². The number of aromatic nitrogens is 1. The van der Waals surface area contributed by atoms with E-state index in [0.717, 1.165) is 44.5 Å². The van der Waals surface area contributed by atoms with Crippen molar-refractivity contribution in [3.8, 4) is 0 Å². The fourth-order valence-corrected chi connectivity index (χ4v) is 4.25. The molecule has 2 aromatic rings. The van der Waals surface area contributed by atoms with Crippen LogP contribution in [0.5, 0.6) is 0 Å². The van der Waals surface area contributed by atoms with Gasteiger partial charge in [-0.25, -0.2) is 0 Å². The van der Waals surface area contributed by atoms with Crippen molar-refractivity contribution in [1.82, 2.24) is 10.3 Å². The maximum absolute atomic E-state index is 13.3. The number of carbonyl (C=O) groups excluding carboxylic acids is 1. The zero-order valence-electron chi connectivity index (χ0n) is 15.9. The number of nitrogens with one attached hydrogen (secondary N) is 1. The topological polar surface area (TPSA) is 45.2 Å². The van der Waals surface area contributed by atoms with Gasteiger partial charge in [0.1, 0.15) is 0 Å². The molecule has 0 bridgehead atoms. The van der Waals surface area contributed by atoms with E-state index in [9.17, 15) is 4.79 Å². The summed E-state index contributed by atoms with van der Waals surface area (Å²) in [5.41, 5.74) is 2.30. The van der Waals surface area contributed by atoms with Crippen molar-refractivity contribution in [1.29, 1.82) is 0 Å². The van der Waals surface area contributed by atoms with Gasteiger partial charge < -0.3 is 10.2 Å². The molecule has 2 fully saturated rings. The normalized spacial score (nSPS) is 20.8. The van der Waals surface area contributed by atoms with Crippen molar-refractivity contribution < 1.29 is 4.79 Å². The fraction of sp³-hybridized carbons (Fsp3) is 0.478. The molecule has 1 amide bonds. The molecule has 1 aliphatic heterocycles. The van der Waals surface area contributed by atoms with Gasteiger partial charge in [-0.05, 0) is 75.2 Å². The van der Waals surface area contributed by atoms with Crippen LogP contribution in [0.25, 0.3) is 0 Å². The largest absolute Gasteiger partial charge is 0.316 e. The van der Waals surface area contributed by atoms with E-state index in [1.54, 1.807) is 6.20 Å². The number of nitrogens with zero attached hydrogens (tertiary/aromatic N) is 2. The van der Waals surface area contributed by atoms with Gasteiger partial charge in [-0.15, -0.1) is 0 Å². The van der Waals surface area contributed by atoms with Gasteiger partial charge in [-0.1, -0.05) is 30.3 Å². The Labute approximate surface area is 162 Å².